The van der Waals surface area contributed by atoms with E-state index in [4.69, 9.17) is 4.74 Å². The van der Waals surface area contributed by atoms with Crippen molar-refractivity contribution in [3.63, 3.8) is 0 Å². The van der Waals surface area contributed by atoms with Crippen LogP contribution in [-0.2, 0) is 9.53 Å². The van der Waals surface area contributed by atoms with E-state index in [9.17, 15) is 4.79 Å². The Morgan fingerprint density at radius 3 is 2.60 bits per heavy atom. The van der Waals surface area contributed by atoms with E-state index in [1.165, 1.54) is 0 Å². The maximum atomic E-state index is 12.4. The molecule has 110 valence electrons. The summed E-state index contributed by atoms with van der Waals surface area (Å²) in [5.74, 6) is 0.175. The standard InChI is InChI=1S/C16H24N2O2/c1-4-14-16(19)18(10-11-20-12(2)3)15(17-14)13-8-6-5-7-9-13/h5-9,12,14-15,17H,4,10-11H2,1-3H3. The van der Waals surface area contributed by atoms with Gasteiger partial charge in [-0.25, -0.2) is 0 Å². The fourth-order valence-corrected chi connectivity index (χ4v) is 2.51. The van der Waals surface area contributed by atoms with Crippen molar-refractivity contribution in [3.05, 3.63) is 35.9 Å². The molecule has 0 bridgehead atoms. The average molecular weight is 276 g/mol. The number of benzene rings is 1. The Hall–Kier alpha value is -1.39. The van der Waals surface area contributed by atoms with E-state index >= 15 is 0 Å². The van der Waals surface area contributed by atoms with Gasteiger partial charge in [0.15, 0.2) is 0 Å². The van der Waals surface area contributed by atoms with Crippen LogP contribution in [0, 0.1) is 0 Å². The molecule has 1 aromatic rings. The highest BCUT2D eigenvalue weighted by Crippen LogP contribution is 2.25. The normalized spacial score (nSPS) is 22.8. The topological polar surface area (TPSA) is 41.6 Å². The lowest BCUT2D eigenvalue weighted by Crippen LogP contribution is -2.34. The summed E-state index contributed by atoms with van der Waals surface area (Å²) >= 11 is 0. The third-order valence-corrected chi connectivity index (χ3v) is 3.56. The first-order valence-corrected chi connectivity index (χ1v) is 7.36. The quantitative estimate of drug-likeness (QED) is 0.867. The van der Waals surface area contributed by atoms with Gasteiger partial charge in [-0.3, -0.25) is 10.1 Å². The second-order valence-electron chi connectivity index (χ2n) is 5.39. The van der Waals surface area contributed by atoms with Crippen LogP contribution in [0.15, 0.2) is 30.3 Å². The van der Waals surface area contributed by atoms with Gasteiger partial charge in [-0.05, 0) is 25.8 Å². The highest BCUT2D eigenvalue weighted by molar-refractivity contribution is 5.84. The second-order valence-corrected chi connectivity index (χ2v) is 5.39. The molecule has 0 aromatic heterocycles. The maximum Gasteiger partial charge on any atom is 0.241 e. The second kappa shape index (κ2) is 6.86. The first-order valence-electron chi connectivity index (χ1n) is 7.36. The van der Waals surface area contributed by atoms with Crippen molar-refractivity contribution in [2.24, 2.45) is 0 Å². The summed E-state index contributed by atoms with van der Waals surface area (Å²) in [7, 11) is 0. The number of nitrogens with one attached hydrogen (secondary N) is 1. The van der Waals surface area contributed by atoms with Crippen LogP contribution in [0.25, 0.3) is 0 Å². The minimum atomic E-state index is -0.0840. The van der Waals surface area contributed by atoms with E-state index in [1.54, 1.807) is 0 Å². The third-order valence-electron chi connectivity index (χ3n) is 3.56. The first-order chi connectivity index (χ1) is 9.63. The van der Waals surface area contributed by atoms with Gasteiger partial charge in [0, 0.05) is 6.54 Å². The number of nitrogens with zero attached hydrogens (tertiary/aromatic N) is 1. The molecule has 1 fully saturated rings. The minimum absolute atomic E-state index is 0.0376. The smallest absolute Gasteiger partial charge is 0.241 e. The van der Waals surface area contributed by atoms with Gasteiger partial charge in [-0.2, -0.15) is 0 Å². The molecule has 2 atom stereocenters. The molecule has 0 spiro atoms. The van der Waals surface area contributed by atoms with E-state index < -0.39 is 0 Å². The highest BCUT2D eigenvalue weighted by Gasteiger charge is 2.38. The van der Waals surface area contributed by atoms with Crippen LogP contribution in [0.2, 0.25) is 0 Å². The number of amides is 1. The molecule has 20 heavy (non-hydrogen) atoms. The van der Waals surface area contributed by atoms with Crippen LogP contribution in [-0.4, -0.2) is 36.1 Å². The summed E-state index contributed by atoms with van der Waals surface area (Å²) in [6.45, 7) is 7.25. The number of hydrogen-bond acceptors (Lipinski definition) is 3. The average Bonchev–Trinajstić information content (AvgIpc) is 2.76. The SMILES string of the molecule is CCC1NC(c2ccccc2)N(CCOC(C)C)C1=O. The zero-order valence-corrected chi connectivity index (χ0v) is 12.5. The van der Waals surface area contributed by atoms with Gasteiger partial charge in [0.2, 0.25) is 5.91 Å². The fraction of sp³-hybridized carbons (Fsp3) is 0.562. The highest BCUT2D eigenvalue weighted by atomic mass is 16.5. The lowest BCUT2D eigenvalue weighted by Gasteiger charge is -2.25. The molecule has 0 aliphatic carbocycles. The zero-order chi connectivity index (χ0) is 14.5. The van der Waals surface area contributed by atoms with Crippen molar-refractivity contribution < 1.29 is 9.53 Å². The van der Waals surface area contributed by atoms with Crippen LogP contribution < -0.4 is 5.32 Å². The molecule has 1 aliphatic heterocycles. The molecular formula is C16H24N2O2. The molecule has 0 radical (unpaired) electrons. The molecule has 1 N–H and O–H groups in total. The minimum Gasteiger partial charge on any atom is -0.377 e. The van der Waals surface area contributed by atoms with Crippen molar-refractivity contribution in [1.82, 2.24) is 10.2 Å². The van der Waals surface area contributed by atoms with Crippen molar-refractivity contribution in [1.29, 1.82) is 0 Å². The zero-order valence-electron chi connectivity index (χ0n) is 12.5. The predicted molar refractivity (Wildman–Crippen MR) is 79.2 cm³/mol. The number of rotatable bonds is 6. The van der Waals surface area contributed by atoms with E-state index in [2.05, 4.69) is 17.4 Å². The summed E-state index contributed by atoms with van der Waals surface area (Å²) in [6, 6.07) is 10.0. The number of carbonyl (C=O) groups is 1. The lowest BCUT2D eigenvalue weighted by molar-refractivity contribution is -0.131. The van der Waals surface area contributed by atoms with Crippen LogP contribution in [0.1, 0.15) is 38.9 Å². The van der Waals surface area contributed by atoms with Crippen LogP contribution in [0.4, 0.5) is 0 Å². The van der Waals surface area contributed by atoms with Gasteiger partial charge in [-0.15, -0.1) is 0 Å². The number of hydrogen-bond donors (Lipinski definition) is 1. The van der Waals surface area contributed by atoms with Crippen molar-refractivity contribution in [2.75, 3.05) is 13.2 Å². The van der Waals surface area contributed by atoms with Gasteiger partial charge in [0.1, 0.15) is 6.17 Å². The predicted octanol–water partition coefficient (Wildman–Crippen LogP) is 2.32. The summed E-state index contributed by atoms with van der Waals surface area (Å²) in [4.78, 5) is 14.3. The number of ether oxygens (including phenoxy) is 1. The molecule has 4 nitrogen and oxygen atoms in total. The molecule has 1 saturated heterocycles. The summed E-state index contributed by atoms with van der Waals surface area (Å²) in [5.41, 5.74) is 1.13. The Bertz CT molecular complexity index is 433. The summed E-state index contributed by atoms with van der Waals surface area (Å²) in [6.07, 6.45) is 0.964. The van der Waals surface area contributed by atoms with Crippen molar-refractivity contribution in [2.45, 2.75) is 45.5 Å². The Morgan fingerprint density at radius 2 is 2.00 bits per heavy atom. The molecule has 4 heteroatoms. The number of carbonyl (C=O) groups excluding carboxylic acids is 1. The molecule has 1 aromatic carbocycles. The van der Waals surface area contributed by atoms with E-state index in [0.29, 0.717) is 13.2 Å². The maximum absolute atomic E-state index is 12.4. The Balaban J connectivity index is 2.09. The van der Waals surface area contributed by atoms with Gasteiger partial charge in [0.05, 0.1) is 18.8 Å². The summed E-state index contributed by atoms with van der Waals surface area (Å²) in [5, 5.41) is 3.42. The van der Waals surface area contributed by atoms with Crippen LogP contribution >= 0.6 is 0 Å². The van der Waals surface area contributed by atoms with Gasteiger partial charge >= 0.3 is 0 Å². The molecule has 1 amide bonds. The summed E-state index contributed by atoms with van der Waals surface area (Å²) < 4.78 is 5.58. The van der Waals surface area contributed by atoms with Gasteiger partial charge in [0.25, 0.3) is 0 Å². The lowest BCUT2D eigenvalue weighted by atomic mass is 10.1. The third kappa shape index (κ3) is 3.38. The fourth-order valence-electron chi connectivity index (χ4n) is 2.51. The van der Waals surface area contributed by atoms with Gasteiger partial charge in [-0.1, -0.05) is 37.3 Å². The molecule has 2 rings (SSSR count). The molecular weight excluding hydrogens is 252 g/mol. The van der Waals surface area contributed by atoms with Crippen molar-refractivity contribution in [3.8, 4) is 0 Å². The molecule has 0 saturated carbocycles. The monoisotopic (exact) mass is 276 g/mol. The first kappa shape index (κ1) is 15.0. The largest absolute Gasteiger partial charge is 0.377 e. The van der Waals surface area contributed by atoms with E-state index in [0.717, 1.165) is 12.0 Å². The van der Waals surface area contributed by atoms with Gasteiger partial charge < -0.3 is 9.64 Å². The molecule has 2 unspecified atom stereocenters. The van der Waals surface area contributed by atoms with Crippen molar-refractivity contribution >= 4 is 5.91 Å². The van der Waals surface area contributed by atoms with Crippen LogP contribution in [0.3, 0.4) is 0 Å². The van der Waals surface area contributed by atoms with E-state index in [1.807, 2.05) is 43.9 Å². The Morgan fingerprint density at radius 1 is 1.30 bits per heavy atom. The Labute approximate surface area is 121 Å². The molecule has 1 aliphatic rings. The molecule has 1 heterocycles. The van der Waals surface area contributed by atoms with Crippen LogP contribution in [0.5, 0.6) is 0 Å². The Kier molecular flexibility index (Phi) is 5.15. The van der Waals surface area contributed by atoms with E-state index in [-0.39, 0.29) is 24.2 Å².